The van der Waals surface area contributed by atoms with Gasteiger partial charge in [0, 0.05) is 17.9 Å². The molecule has 0 aromatic heterocycles. The zero-order valence-corrected chi connectivity index (χ0v) is 14.6. The Labute approximate surface area is 143 Å². The standard InChI is InChI=1S/C19H24N2O3/c1-13(2)12-20-14-8-10-15(11-9-14)21-19(22)18-16(23-3)6-5-7-17(18)24-4/h5-11,13,20H,12H2,1-4H3,(H,21,22). The molecule has 0 unspecified atom stereocenters. The van der Waals surface area contributed by atoms with E-state index < -0.39 is 0 Å². The smallest absolute Gasteiger partial charge is 0.263 e. The Morgan fingerprint density at radius 2 is 1.50 bits per heavy atom. The summed E-state index contributed by atoms with van der Waals surface area (Å²) in [6, 6.07) is 12.9. The van der Waals surface area contributed by atoms with Crippen molar-refractivity contribution in [1.29, 1.82) is 0 Å². The van der Waals surface area contributed by atoms with E-state index in [0.29, 0.717) is 28.7 Å². The fourth-order valence-corrected chi connectivity index (χ4v) is 2.26. The van der Waals surface area contributed by atoms with Crippen molar-refractivity contribution in [3.05, 3.63) is 48.0 Å². The molecule has 5 nitrogen and oxygen atoms in total. The van der Waals surface area contributed by atoms with Crippen LogP contribution < -0.4 is 20.1 Å². The van der Waals surface area contributed by atoms with Gasteiger partial charge in [0.2, 0.25) is 0 Å². The van der Waals surface area contributed by atoms with Crippen LogP contribution in [0.15, 0.2) is 42.5 Å². The van der Waals surface area contributed by atoms with Crippen molar-refractivity contribution < 1.29 is 14.3 Å². The second-order valence-corrected chi connectivity index (χ2v) is 5.84. The second-order valence-electron chi connectivity index (χ2n) is 5.84. The third kappa shape index (κ3) is 4.41. The third-order valence-corrected chi connectivity index (χ3v) is 3.51. The number of amides is 1. The molecule has 2 aromatic carbocycles. The van der Waals surface area contributed by atoms with Crippen LogP contribution in [-0.4, -0.2) is 26.7 Å². The van der Waals surface area contributed by atoms with Crippen molar-refractivity contribution >= 4 is 17.3 Å². The number of ether oxygens (including phenoxy) is 2. The molecule has 2 rings (SSSR count). The van der Waals surface area contributed by atoms with Gasteiger partial charge in [-0.15, -0.1) is 0 Å². The Kier molecular flexibility index (Phi) is 6.07. The van der Waals surface area contributed by atoms with E-state index in [-0.39, 0.29) is 5.91 Å². The minimum Gasteiger partial charge on any atom is -0.496 e. The van der Waals surface area contributed by atoms with Gasteiger partial charge in [-0.1, -0.05) is 19.9 Å². The van der Waals surface area contributed by atoms with E-state index >= 15 is 0 Å². The number of carbonyl (C=O) groups excluding carboxylic acids is 1. The van der Waals surface area contributed by atoms with Crippen LogP contribution in [0, 0.1) is 5.92 Å². The van der Waals surface area contributed by atoms with E-state index in [9.17, 15) is 4.79 Å². The van der Waals surface area contributed by atoms with Crippen molar-refractivity contribution in [2.24, 2.45) is 5.92 Å². The third-order valence-electron chi connectivity index (χ3n) is 3.51. The molecule has 0 fully saturated rings. The fourth-order valence-electron chi connectivity index (χ4n) is 2.26. The molecule has 0 radical (unpaired) electrons. The maximum atomic E-state index is 12.6. The van der Waals surface area contributed by atoms with Gasteiger partial charge in [0.25, 0.3) is 5.91 Å². The van der Waals surface area contributed by atoms with E-state index in [2.05, 4.69) is 24.5 Å². The van der Waals surface area contributed by atoms with Crippen LogP contribution in [0.3, 0.4) is 0 Å². The summed E-state index contributed by atoms with van der Waals surface area (Å²) in [5.74, 6) is 1.25. The Balaban J connectivity index is 2.12. The van der Waals surface area contributed by atoms with Crippen molar-refractivity contribution in [1.82, 2.24) is 0 Å². The average molecular weight is 328 g/mol. The number of nitrogens with one attached hydrogen (secondary N) is 2. The lowest BCUT2D eigenvalue weighted by molar-refractivity contribution is 0.102. The van der Waals surface area contributed by atoms with Crippen molar-refractivity contribution in [2.75, 3.05) is 31.4 Å². The predicted molar refractivity (Wildman–Crippen MR) is 97.3 cm³/mol. The molecule has 0 spiro atoms. The molecule has 5 heteroatoms. The van der Waals surface area contributed by atoms with Gasteiger partial charge >= 0.3 is 0 Å². The van der Waals surface area contributed by atoms with E-state index in [1.54, 1.807) is 18.2 Å². The topological polar surface area (TPSA) is 59.6 Å². The summed E-state index contributed by atoms with van der Waals surface area (Å²) in [5, 5.41) is 6.21. The van der Waals surface area contributed by atoms with E-state index in [4.69, 9.17) is 9.47 Å². The normalized spacial score (nSPS) is 10.4. The van der Waals surface area contributed by atoms with Gasteiger partial charge in [0.05, 0.1) is 14.2 Å². The lowest BCUT2D eigenvalue weighted by atomic mass is 10.1. The molecule has 0 heterocycles. The second kappa shape index (κ2) is 8.24. The van der Waals surface area contributed by atoms with Gasteiger partial charge in [0.15, 0.2) is 0 Å². The maximum absolute atomic E-state index is 12.6. The number of carbonyl (C=O) groups is 1. The molecule has 0 saturated heterocycles. The maximum Gasteiger partial charge on any atom is 0.263 e. The van der Waals surface area contributed by atoms with Crippen LogP contribution in [0.1, 0.15) is 24.2 Å². The first kappa shape index (κ1) is 17.7. The molecule has 0 aliphatic heterocycles. The fraction of sp³-hybridized carbons (Fsp3) is 0.316. The van der Waals surface area contributed by atoms with Crippen LogP contribution in [-0.2, 0) is 0 Å². The number of hydrogen-bond acceptors (Lipinski definition) is 4. The first-order valence-corrected chi connectivity index (χ1v) is 7.91. The van der Waals surface area contributed by atoms with Gasteiger partial charge in [-0.05, 0) is 42.3 Å². The molecule has 0 atom stereocenters. The molecule has 0 saturated carbocycles. The molecule has 128 valence electrons. The Hall–Kier alpha value is -2.69. The molecular formula is C19H24N2O3. The van der Waals surface area contributed by atoms with Gasteiger partial charge in [-0.2, -0.15) is 0 Å². The highest BCUT2D eigenvalue weighted by Crippen LogP contribution is 2.29. The number of benzene rings is 2. The van der Waals surface area contributed by atoms with E-state index in [1.165, 1.54) is 14.2 Å². The summed E-state index contributed by atoms with van der Waals surface area (Å²) in [6.45, 7) is 5.22. The predicted octanol–water partition coefficient (Wildman–Crippen LogP) is 4.02. The van der Waals surface area contributed by atoms with E-state index in [1.807, 2.05) is 24.3 Å². The summed E-state index contributed by atoms with van der Waals surface area (Å²) in [5.41, 5.74) is 2.11. The van der Waals surface area contributed by atoms with Gasteiger partial charge < -0.3 is 20.1 Å². The summed E-state index contributed by atoms with van der Waals surface area (Å²) < 4.78 is 10.5. The highest BCUT2D eigenvalue weighted by atomic mass is 16.5. The number of hydrogen-bond donors (Lipinski definition) is 2. The largest absolute Gasteiger partial charge is 0.496 e. The highest BCUT2D eigenvalue weighted by molar-refractivity contribution is 6.08. The molecular weight excluding hydrogens is 304 g/mol. The van der Waals surface area contributed by atoms with Crippen LogP contribution in [0.2, 0.25) is 0 Å². The monoisotopic (exact) mass is 328 g/mol. The molecule has 1 amide bonds. The number of rotatable bonds is 7. The van der Waals surface area contributed by atoms with Gasteiger partial charge in [-0.25, -0.2) is 0 Å². The number of anilines is 2. The van der Waals surface area contributed by atoms with Crippen LogP contribution >= 0.6 is 0 Å². The lowest BCUT2D eigenvalue weighted by Gasteiger charge is -2.13. The summed E-state index contributed by atoms with van der Waals surface area (Å²) >= 11 is 0. The first-order valence-electron chi connectivity index (χ1n) is 7.91. The molecule has 0 bridgehead atoms. The summed E-state index contributed by atoms with van der Waals surface area (Å²) in [6.07, 6.45) is 0. The Morgan fingerprint density at radius 1 is 0.958 bits per heavy atom. The quantitative estimate of drug-likeness (QED) is 0.806. The molecule has 2 aromatic rings. The summed E-state index contributed by atoms with van der Waals surface area (Å²) in [7, 11) is 3.06. The van der Waals surface area contributed by atoms with Crippen molar-refractivity contribution in [3.63, 3.8) is 0 Å². The van der Waals surface area contributed by atoms with Crippen molar-refractivity contribution in [2.45, 2.75) is 13.8 Å². The molecule has 0 aliphatic carbocycles. The lowest BCUT2D eigenvalue weighted by Crippen LogP contribution is -2.14. The molecule has 0 aliphatic rings. The molecule has 2 N–H and O–H groups in total. The zero-order chi connectivity index (χ0) is 17.5. The zero-order valence-electron chi connectivity index (χ0n) is 14.6. The highest BCUT2D eigenvalue weighted by Gasteiger charge is 2.18. The minimum atomic E-state index is -0.271. The summed E-state index contributed by atoms with van der Waals surface area (Å²) in [4.78, 5) is 12.6. The molecule has 24 heavy (non-hydrogen) atoms. The van der Waals surface area contributed by atoms with E-state index in [0.717, 1.165) is 12.2 Å². The minimum absolute atomic E-state index is 0.271. The average Bonchev–Trinajstić information content (AvgIpc) is 2.60. The van der Waals surface area contributed by atoms with Gasteiger partial charge in [0.1, 0.15) is 17.1 Å². The van der Waals surface area contributed by atoms with Crippen LogP contribution in [0.4, 0.5) is 11.4 Å². The SMILES string of the molecule is COc1cccc(OC)c1C(=O)Nc1ccc(NCC(C)C)cc1. The first-order chi connectivity index (χ1) is 11.5. The Bertz CT molecular complexity index is 659. The van der Waals surface area contributed by atoms with Crippen LogP contribution in [0.25, 0.3) is 0 Å². The van der Waals surface area contributed by atoms with Gasteiger partial charge in [-0.3, -0.25) is 4.79 Å². The Morgan fingerprint density at radius 3 is 2.00 bits per heavy atom. The van der Waals surface area contributed by atoms with Crippen molar-refractivity contribution in [3.8, 4) is 11.5 Å². The van der Waals surface area contributed by atoms with Crippen LogP contribution in [0.5, 0.6) is 11.5 Å². The number of methoxy groups -OCH3 is 2.